The standard InChI is InChI=1S/C21H31FN4O/c1-5-19(21(27)26(13(3)4)25-6-2)23-11-14-9-16(14)18-12-24-20-8-7-15(22)10-17(18)20/h7-8,10,12-14,16,19,23-25H,5-6,9,11H2,1-4H3. The Morgan fingerprint density at radius 3 is 2.81 bits per heavy atom. The second kappa shape index (κ2) is 8.40. The van der Waals surface area contributed by atoms with E-state index < -0.39 is 0 Å². The minimum atomic E-state index is -0.201. The van der Waals surface area contributed by atoms with E-state index >= 15 is 0 Å². The molecule has 3 atom stereocenters. The number of aromatic amines is 1. The van der Waals surface area contributed by atoms with E-state index in [1.807, 2.05) is 33.9 Å². The van der Waals surface area contributed by atoms with Gasteiger partial charge in [-0.3, -0.25) is 9.80 Å². The van der Waals surface area contributed by atoms with Gasteiger partial charge in [-0.25, -0.2) is 9.82 Å². The molecule has 2 aromatic rings. The molecule has 1 aromatic heterocycles. The van der Waals surface area contributed by atoms with Crippen molar-refractivity contribution in [2.75, 3.05) is 13.1 Å². The summed E-state index contributed by atoms with van der Waals surface area (Å²) in [7, 11) is 0. The minimum Gasteiger partial charge on any atom is -0.361 e. The third-order valence-electron chi connectivity index (χ3n) is 5.41. The Labute approximate surface area is 160 Å². The maximum Gasteiger partial charge on any atom is 0.254 e. The van der Waals surface area contributed by atoms with E-state index in [0.29, 0.717) is 11.8 Å². The predicted octanol–water partition coefficient (Wildman–Crippen LogP) is 3.54. The number of H-pyrrole nitrogens is 1. The van der Waals surface area contributed by atoms with E-state index in [4.69, 9.17) is 0 Å². The molecule has 0 bridgehead atoms. The van der Waals surface area contributed by atoms with E-state index in [-0.39, 0.29) is 23.8 Å². The van der Waals surface area contributed by atoms with Crippen LogP contribution in [0.15, 0.2) is 24.4 Å². The van der Waals surface area contributed by atoms with Crippen molar-refractivity contribution in [1.29, 1.82) is 0 Å². The van der Waals surface area contributed by atoms with Crippen molar-refractivity contribution in [3.05, 3.63) is 35.8 Å². The van der Waals surface area contributed by atoms with Crippen LogP contribution in [0.2, 0.25) is 0 Å². The molecule has 148 valence electrons. The van der Waals surface area contributed by atoms with Gasteiger partial charge in [0.2, 0.25) is 0 Å². The van der Waals surface area contributed by atoms with Gasteiger partial charge in [-0.05, 0) is 68.8 Å². The lowest BCUT2D eigenvalue weighted by atomic mass is 10.1. The van der Waals surface area contributed by atoms with Crippen molar-refractivity contribution < 1.29 is 9.18 Å². The third-order valence-corrected chi connectivity index (χ3v) is 5.41. The minimum absolute atomic E-state index is 0.0979. The lowest BCUT2D eigenvalue weighted by Crippen LogP contribution is -2.54. The van der Waals surface area contributed by atoms with Gasteiger partial charge >= 0.3 is 0 Å². The number of halogens is 1. The van der Waals surface area contributed by atoms with Crippen LogP contribution in [0.5, 0.6) is 0 Å². The van der Waals surface area contributed by atoms with E-state index in [1.165, 1.54) is 11.6 Å². The van der Waals surface area contributed by atoms with Crippen LogP contribution in [0.1, 0.15) is 52.0 Å². The highest BCUT2D eigenvalue weighted by Crippen LogP contribution is 2.49. The molecule has 0 radical (unpaired) electrons. The van der Waals surface area contributed by atoms with Gasteiger partial charge in [0, 0.05) is 29.7 Å². The molecule has 3 rings (SSSR count). The largest absolute Gasteiger partial charge is 0.361 e. The highest BCUT2D eigenvalue weighted by atomic mass is 19.1. The van der Waals surface area contributed by atoms with Crippen molar-refractivity contribution in [3.63, 3.8) is 0 Å². The number of benzene rings is 1. The molecule has 6 heteroatoms. The molecule has 3 unspecified atom stereocenters. The molecule has 0 spiro atoms. The number of aromatic nitrogens is 1. The summed E-state index contributed by atoms with van der Waals surface area (Å²) in [5.74, 6) is 0.810. The van der Waals surface area contributed by atoms with Gasteiger partial charge in [-0.1, -0.05) is 13.8 Å². The lowest BCUT2D eigenvalue weighted by Gasteiger charge is -2.30. The Kier molecular flexibility index (Phi) is 6.17. The molecule has 1 aliphatic carbocycles. The van der Waals surface area contributed by atoms with Crippen molar-refractivity contribution in [1.82, 2.24) is 20.7 Å². The molecular formula is C21H31FN4O. The monoisotopic (exact) mass is 374 g/mol. The van der Waals surface area contributed by atoms with Crippen molar-refractivity contribution >= 4 is 16.8 Å². The highest BCUT2D eigenvalue weighted by molar-refractivity contribution is 5.84. The van der Waals surface area contributed by atoms with Crippen LogP contribution < -0.4 is 10.7 Å². The fourth-order valence-electron chi connectivity index (χ4n) is 3.83. The van der Waals surface area contributed by atoms with Crippen LogP contribution in [0.3, 0.4) is 0 Å². The van der Waals surface area contributed by atoms with E-state index in [1.54, 1.807) is 17.1 Å². The Morgan fingerprint density at radius 1 is 1.37 bits per heavy atom. The van der Waals surface area contributed by atoms with Crippen LogP contribution in [-0.2, 0) is 4.79 Å². The lowest BCUT2D eigenvalue weighted by molar-refractivity contribution is -0.138. The van der Waals surface area contributed by atoms with E-state index in [0.717, 1.165) is 36.8 Å². The topological polar surface area (TPSA) is 60.2 Å². The Balaban J connectivity index is 1.60. The molecule has 0 aliphatic heterocycles. The normalized spacial score (nSPS) is 20.2. The van der Waals surface area contributed by atoms with E-state index in [9.17, 15) is 9.18 Å². The van der Waals surface area contributed by atoms with E-state index in [2.05, 4.69) is 15.7 Å². The number of nitrogens with zero attached hydrogens (tertiary/aromatic N) is 1. The third kappa shape index (κ3) is 4.33. The van der Waals surface area contributed by atoms with Gasteiger partial charge < -0.3 is 10.3 Å². The first kappa shape index (κ1) is 19.8. The first-order valence-electron chi connectivity index (χ1n) is 10.0. The van der Waals surface area contributed by atoms with Crippen molar-refractivity contribution in [3.8, 4) is 0 Å². The molecule has 3 N–H and O–H groups in total. The Bertz CT molecular complexity index is 788. The number of rotatable bonds is 9. The number of amides is 1. The molecule has 1 amide bonds. The average Bonchev–Trinajstić information content (AvgIpc) is 3.29. The molecule has 1 heterocycles. The molecule has 1 aromatic carbocycles. The number of fused-ring (bicyclic) bond motifs is 1. The second-order valence-corrected chi connectivity index (χ2v) is 7.72. The quantitative estimate of drug-likeness (QED) is 0.589. The van der Waals surface area contributed by atoms with Gasteiger partial charge in [0.1, 0.15) is 5.82 Å². The van der Waals surface area contributed by atoms with Crippen LogP contribution in [0, 0.1) is 11.7 Å². The maximum atomic E-state index is 13.6. The summed E-state index contributed by atoms with van der Waals surface area (Å²) in [5, 5.41) is 6.17. The van der Waals surface area contributed by atoms with Gasteiger partial charge in [0.05, 0.1) is 6.04 Å². The highest BCUT2D eigenvalue weighted by Gasteiger charge is 2.40. The molecule has 1 aliphatic rings. The zero-order valence-electron chi connectivity index (χ0n) is 16.7. The SMILES string of the molecule is CCNN(C(=O)C(CC)NCC1CC1c1c[nH]c2ccc(F)cc12)C(C)C. The zero-order chi connectivity index (χ0) is 19.6. The number of hydrazine groups is 1. The van der Waals surface area contributed by atoms with Crippen LogP contribution in [0.4, 0.5) is 4.39 Å². The van der Waals surface area contributed by atoms with Gasteiger partial charge in [0.25, 0.3) is 5.91 Å². The van der Waals surface area contributed by atoms with Gasteiger partial charge in [-0.15, -0.1) is 0 Å². The summed E-state index contributed by atoms with van der Waals surface area (Å²) in [6.45, 7) is 9.58. The number of hydrogen-bond acceptors (Lipinski definition) is 3. The summed E-state index contributed by atoms with van der Waals surface area (Å²) in [5.41, 5.74) is 5.32. The molecule has 5 nitrogen and oxygen atoms in total. The number of hydrogen-bond donors (Lipinski definition) is 3. The molecule has 0 saturated heterocycles. The maximum absolute atomic E-state index is 13.6. The predicted molar refractivity (Wildman–Crippen MR) is 107 cm³/mol. The summed E-state index contributed by atoms with van der Waals surface area (Å²) < 4.78 is 13.6. The van der Waals surface area contributed by atoms with Crippen molar-refractivity contribution in [2.24, 2.45) is 5.92 Å². The summed E-state index contributed by atoms with van der Waals surface area (Å²) in [4.78, 5) is 16.1. The Hall–Kier alpha value is -1.92. The smallest absolute Gasteiger partial charge is 0.254 e. The van der Waals surface area contributed by atoms with Crippen LogP contribution >= 0.6 is 0 Å². The Morgan fingerprint density at radius 2 is 2.15 bits per heavy atom. The first-order chi connectivity index (χ1) is 13.0. The summed E-state index contributed by atoms with van der Waals surface area (Å²) >= 11 is 0. The number of carbonyl (C=O) groups excluding carboxylic acids is 1. The van der Waals surface area contributed by atoms with Crippen LogP contribution in [-0.4, -0.2) is 41.1 Å². The molecular weight excluding hydrogens is 343 g/mol. The fraction of sp³-hybridized carbons (Fsp3) is 0.571. The zero-order valence-corrected chi connectivity index (χ0v) is 16.7. The fourth-order valence-corrected chi connectivity index (χ4v) is 3.83. The summed E-state index contributed by atoms with van der Waals surface area (Å²) in [6, 6.07) is 4.81. The summed E-state index contributed by atoms with van der Waals surface area (Å²) in [6.07, 6.45) is 3.83. The second-order valence-electron chi connectivity index (χ2n) is 7.72. The average molecular weight is 375 g/mol. The molecule has 1 fully saturated rings. The molecule has 27 heavy (non-hydrogen) atoms. The first-order valence-corrected chi connectivity index (χ1v) is 10.0. The molecule has 1 saturated carbocycles. The van der Waals surface area contributed by atoms with Gasteiger partial charge in [-0.2, -0.15) is 0 Å². The van der Waals surface area contributed by atoms with Crippen molar-refractivity contribution in [2.45, 2.75) is 58.5 Å². The van der Waals surface area contributed by atoms with Crippen LogP contribution in [0.25, 0.3) is 10.9 Å². The number of carbonyl (C=O) groups is 1. The van der Waals surface area contributed by atoms with Gasteiger partial charge in [0.15, 0.2) is 0 Å². The number of nitrogens with one attached hydrogen (secondary N) is 3.